The molecule has 100 valence electrons. The molecule has 2 heterocycles. The predicted molar refractivity (Wildman–Crippen MR) is 77.7 cm³/mol. The number of nitrogens with zero attached hydrogens (tertiary/aromatic N) is 1. The first-order chi connectivity index (χ1) is 9.28. The first-order valence-electron chi connectivity index (χ1n) is 6.71. The van der Waals surface area contributed by atoms with Gasteiger partial charge in [-0.25, -0.2) is 4.98 Å². The second-order valence-electron chi connectivity index (χ2n) is 4.80. The molecule has 1 aromatic carbocycles. The van der Waals surface area contributed by atoms with Crippen LogP contribution in [0.25, 0.3) is 0 Å². The van der Waals surface area contributed by atoms with Crippen molar-refractivity contribution in [2.75, 3.05) is 6.54 Å². The molecule has 3 nitrogen and oxygen atoms in total. The molecule has 1 aliphatic heterocycles. The van der Waals surface area contributed by atoms with Crippen LogP contribution in [0, 0.1) is 0 Å². The van der Waals surface area contributed by atoms with Crippen molar-refractivity contribution in [3.63, 3.8) is 0 Å². The summed E-state index contributed by atoms with van der Waals surface area (Å²) in [7, 11) is 0. The van der Waals surface area contributed by atoms with Crippen molar-refractivity contribution in [1.82, 2.24) is 10.3 Å². The highest BCUT2D eigenvalue weighted by molar-refractivity contribution is 7.11. The molecule has 1 aliphatic rings. The van der Waals surface area contributed by atoms with Crippen LogP contribution >= 0.6 is 11.3 Å². The number of nitrogens with one attached hydrogen (secondary N) is 1. The Kier molecular flexibility index (Phi) is 3.53. The molecule has 4 heteroatoms. The highest BCUT2D eigenvalue weighted by Crippen LogP contribution is 2.38. The summed E-state index contributed by atoms with van der Waals surface area (Å²) < 4.78 is 5.97. The number of rotatable bonds is 4. The van der Waals surface area contributed by atoms with E-state index in [2.05, 4.69) is 36.3 Å². The molecule has 0 bridgehead atoms. The van der Waals surface area contributed by atoms with Crippen molar-refractivity contribution < 1.29 is 4.74 Å². The Bertz CT molecular complexity index is 542. The zero-order chi connectivity index (χ0) is 13.2. The lowest BCUT2D eigenvalue weighted by Crippen LogP contribution is -2.16. The van der Waals surface area contributed by atoms with Crippen molar-refractivity contribution in [3.05, 3.63) is 45.9 Å². The molecule has 0 fully saturated rings. The lowest BCUT2D eigenvalue weighted by atomic mass is 10.1. The summed E-state index contributed by atoms with van der Waals surface area (Å²) >= 11 is 1.75. The summed E-state index contributed by atoms with van der Waals surface area (Å²) in [5, 5.41) is 4.49. The van der Waals surface area contributed by atoms with Gasteiger partial charge in [0.15, 0.2) is 6.10 Å². The quantitative estimate of drug-likeness (QED) is 0.926. The van der Waals surface area contributed by atoms with Crippen LogP contribution in [0.4, 0.5) is 0 Å². The second kappa shape index (κ2) is 5.31. The average Bonchev–Trinajstić information content (AvgIpc) is 3.05. The second-order valence-corrected chi connectivity index (χ2v) is 5.89. The zero-order valence-corrected chi connectivity index (χ0v) is 12.0. The first-order valence-corrected chi connectivity index (χ1v) is 7.53. The summed E-state index contributed by atoms with van der Waals surface area (Å²) in [4.78, 5) is 5.81. The fourth-order valence-electron chi connectivity index (χ4n) is 2.38. The van der Waals surface area contributed by atoms with Gasteiger partial charge in [-0.1, -0.05) is 25.1 Å². The van der Waals surface area contributed by atoms with Crippen molar-refractivity contribution in [1.29, 1.82) is 0 Å². The fraction of sp³-hybridized carbons (Fsp3) is 0.400. The number of hydrogen-bond donors (Lipinski definition) is 1. The SMILES string of the molecule is CCNC(C)c1cnc(C2Cc3ccccc3O2)s1. The van der Waals surface area contributed by atoms with Gasteiger partial charge in [0, 0.05) is 23.5 Å². The molecule has 3 rings (SSSR count). The molecule has 2 unspecified atom stereocenters. The van der Waals surface area contributed by atoms with E-state index in [0.29, 0.717) is 6.04 Å². The van der Waals surface area contributed by atoms with Gasteiger partial charge in [0.05, 0.1) is 0 Å². The van der Waals surface area contributed by atoms with Crippen LogP contribution in [-0.2, 0) is 6.42 Å². The summed E-state index contributed by atoms with van der Waals surface area (Å²) in [6, 6.07) is 8.60. The van der Waals surface area contributed by atoms with Crippen molar-refractivity contribution in [2.45, 2.75) is 32.4 Å². The Hall–Kier alpha value is -1.39. The maximum atomic E-state index is 5.97. The van der Waals surface area contributed by atoms with E-state index in [-0.39, 0.29) is 6.10 Å². The maximum absolute atomic E-state index is 5.97. The van der Waals surface area contributed by atoms with Crippen LogP contribution in [0.15, 0.2) is 30.5 Å². The number of fused-ring (bicyclic) bond motifs is 1. The third kappa shape index (κ3) is 2.51. The third-order valence-corrected chi connectivity index (χ3v) is 4.67. The van der Waals surface area contributed by atoms with Crippen LogP contribution < -0.4 is 10.1 Å². The Morgan fingerprint density at radius 3 is 3.11 bits per heavy atom. The summed E-state index contributed by atoms with van der Waals surface area (Å²) in [6.45, 7) is 5.26. The van der Waals surface area contributed by atoms with Crippen molar-refractivity contribution in [3.8, 4) is 5.75 Å². The number of ether oxygens (including phenoxy) is 1. The number of thiazole rings is 1. The third-order valence-electron chi connectivity index (χ3n) is 3.40. The van der Waals surface area contributed by atoms with Gasteiger partial charge in [0.1, 0.15) is 10.8 Å². The van der Waals surface area contributed by atoms with Gasteiger partial charge in [0.25, 0.3) is 0 Å². The molecular weight excluding hydrogens is 256 g/mol. The average molecular weight is 274 g/mol. The molecule has 0 aliphatic carbocycles. The fourth-order valence-corrected chi connectivity index (χ4v) is 3.35. The van der Waals surface area contributed by atoms with E-state index in [1.165, 1.54) is 10.4 Å². The molecule has 19 heavy (non-hydrogen) atoms. The Morgan fingerprint density at radius 2 is 2.32 bits per heavy atom. The Balaban J connectivity index is 1.75. The van der Waals surface area contributed by atoms with Gasteiger partial charge in [-0.05, 0) is 25.1 Å². The zero-order valence-electron chi connectivity index (χ0n) is 11.2. The lowest BCUT2D eigenvalue weighted by molar-refractivity contribution is 0.238. The van der Waals surface area contributed by atoms with Crippen LogP contribution in [-0.4, -0.2) is 11.5 Å². The molecule has 0 saturated carbocycles. The standard InChI is InChI=1S/C15H18N2OS/c1-3-16-10(2)14-9-17-15(19-14)13-8-11-6-4-5-7-12(11)18-13/h4-7,9-10,13,16H,3,8H2,1-2H3. The van der Waals surface area contributed by atoms with Crippen LogP contribution in [0.2, 0.25) is 0 Å². The normalized spacial score (nSPS) is 18.9. The van der Waals surface area contributed by atoms with E-state index in [1.54, 1.807) is 11.3 Å². The van der Waals surface area contributed by atoms with Gasteiger partial charge >= 0.3 is 0 Å². The van der Waals surface area contributed by atoms with Gasteiger partial charge in [-0.2, -0.15) is 0 Å². The van der Waals surface area contributed by atoms with Crippen LogP contribution in [0.1, 0.15) is 41.4 Å². The molecule has 0 saturated heterocycles. The molecule has 0 spiro atoms. The summed E-state index contributed by atoms with van der Waals surface area (Å²) in [5.74, 6) is 1.00. The number of para-hydroxylation sites is 1. The highest BCUT2D eigenvalue weighted by Gasteiger charge is 2.26. The highest BCUT2D eigenvalue weighted by atomic mass is 32.1. The molecule has 0 radical (unpaired) electrons. The minimum atomic E-state index is 0.0879. The van der Waals surface area contributed by atoms with Gasteiger partial charge in [-0.15, -0.1) is 11.3 Å². The van der Waals surface area contributed by atoms with E-state index in [9.17, 15) is 0 Å². The lowest BCUT2D eigenvalue weighted by Gasteiger charge is -2.09. The molecule has 0 amide bonds. The maximum Gasteiger partial charge on any atom is 0.154 e. The number of aromatic nitrogens is 1. The van der Waals surface area contributed by atoms with Crippen molar-refractivity contribution >= 4 is 11.3 Å². The summed E-state index contributed by atoms with van der Waals surface area (Å²) in [6.07, 6.45) is 2.99. The number of benzene rings is 1. The van der Waals surface area contributed by atoms with E-state index in [0.717, 1.165) is 23.7 Å². The Labute approximate surface area is 117 Å². The van der Waals surface area contributed by atoms with Crippen LogP contribution in [0.5, 0.6) is 5.75 Å². The smallest absolute Gasteiger partial charge is 0.154 e. The largest absolute Gasteiger partial charge is 0.483 e. The summed E-state index contributed by atoms with van der Waals surface area (Å²) in [5.41, 5.74) is 1.28. The molecule has 1 aromatic heterocycles. The van der Waals surface area contributed by atoms with E-state index >= 15 is 0 Å². The topological polar surface area (TPSA) is 34.2 Å². The van der Waals surface area contributed by atoms with E-state index in [4.69, 9.17) is 4.74 Å². The Morgan fingerprint density at radius 1 is 1.47 bits per heavy atom. The number of hydrogen-bond acceptors (Lipinski definition) is 4. The first kappa shape index (κ1) is 12.6. The monoisotopic (exact) mass is 274 g/mol. The minimum absolute atomic E-state index is 0.0879. The van der Waals surface area contributed by atoms with Gasteiger partial charge in [-0.3, -0.25) is 0 Å². The van der Waals surface area contributed by atoms with Crippen LogP contribution in [0.3, 0.4) is 0 Å². The van der Waals surface area contributed by atoms with Gasteiger partial charge in [0.2, 0.25) is 0 Å². The molecular formula is C15H18N2OS. The van der Waals surface area contributed by atoms with Gasteiger partial charge < -0.3 is 10.1 Å². The minimum Gasteiger partial charge on any atom is -0.483 e. The molecule has 2 aromatic rings. The predicted octanol–water partition coefficient (Wildman–Crippen LogP) is 3.49. The molecule has 2 atom stereocenters. The van der Waals surface area contributed by atoms with E-state index in [1.807, 2.05) is 18.3 Å². The van der Waals surface area contributed by atoms with Crippen molar-refractivity contribution in [2.24, 2.45) is 0 Å². The van der Waals surface area contributed by atoms with E-state index < -0.39 is 0 Å². The molecule has 1 N–H and O–H groups in total.